The first-order valence-corrected chi connectivity index (χ1v) is 12.6. The normalized spacial score (nSPS) is 14.1. The number of carbonyl (C=O) groups excluding carboxylic acids is 1. The molecule has 1 fully saturated rings. The van der Waals surface area contributed by atoms with Crippen molar-refractivity contribution in [3.63, 3.8) is 0 Å². The number of nitrogens with zero attached hydrogens (tertiary/aromatic N) is 5. The average Bonchev–Trinajstić information content (AvgIpc) is 3.46. The zero-order valence-electron chi connectivity index (χ0n) is 19.5. The number of hydrogen-bond acceptors (Lipinski definition) is 5. The largest absolute Gasteiger partial charge is 0.345 e. The highest BCUT2D eigenvalue weighted by Crippen LogP contribution is 2.38. The summed E-state index contributed by atoms with van der Waals surface area (Å²) < 4.78 is 5.93. The number of aromatic nitrogens is 5. The molecule has 0 aliphatic heterocycles. The Kier molecular flexibility index (Phi) is 5.64. The number of aryl methyl sites for hydroxylation is 2. The Morgan fingerprint density at radius 3 is 2.67 bits per heavy atom. The van der Waals surface area contributed by atoms with Crippen LogP contribution >= 0.6 is 11.8 Å². The van der Waals surface area contributed by atoms with Crippen LogP contribution in [-0.4, -0.2) is 35.3 Å². The number of fused-ring (bicyclic) bond motifs is 3. The quantitative estimate of drug-likeness (QED) is 0.277. The lowest BCUT2D eigenvalue weighted by molar-refractivity contribution is 0.102. The lowest BCUT2D eigenvalue weighted by atomic mass is 10.1. The highest BCUT2D eigenvalue weighted by atomic mass is 32.2. The topological polar surface area (TPSA) is 74.2 Å². The minimum Gasteiger partial charge on any atom is -0.345 e. The maximum absolute atomic E-state index is 13.2. The minimum atomic E-state index is -0.0497. The molecule has 172 valence electrons. The van der Waals surface area contributed by atoms with E-state index in [1.165, 1.54) is 24.6 Å². The van der Waals surface area contributed by atoms with Gasteiger partial charge in [-0.15, -0.1) is 10.2 Å². The van der Waals surface area contributed by atoms with E-state index in [1.54, 1.807) is 4.57 Å². The summed E-state index contributed by atoms with van der Waals surface area (Å²) in [5.41, 5.74) is 3.71. The molecule has 4 aromatic rings. The summed E-state index contributed by atoms with van der Waals surface area (Å²) in [6.45, 7) is 8.97. The predicted molar refractivity (Wildman–Crippen MR) is 131 cm³/mol. The zero-order valence-corrected chi connectivity index (χ0v) is 20.4. The second-order valence-electron chi connectivity index (χ2n) is 9.37. The molecule has 1 aromatic carbocycles. The molecule has 0 unspecified atom stereocenters. The van der Waals surface area contributed by atoms with Crippen molar-refractivity contribution < 1.29 is 4.79 Å². The Bertz CT molecular complexity index is 1420. The van der Waals surface area contributed by atoms with E-state index in [0.717, 1.165) is 28.9 Å². The maximum atomic E-state index is 13.2. The van der Waals surface area contributed by atoms with E-state index in [-0.39, 0.29) is 17.1 Å². The van der Waals surface area contributed by atoms with Crippen molar-refractivity contribution in [1.82, 2.24) is 23.7 Å². The number of ketones is 1. The van der Waals surface area contributed by atoms with Crippen LogP contribution in [0.5, 0.6) is 0 Å². The van der Waals surface area contributed by atoms with Crippen molar-refractivity contribution in [2.24, 2.45) is 5.92 Å². The number of thioether (sulfide) groups is 1. The van der Waals surface area contributed by atoms with Crippen LogP contribution in [-0.2, 0) is 6.54 Å². The van der Waals surface area contributed by atoms with E-state index in [2.05, 4.69) is 35.5 Å². The van der Waals surface area contributed by atoms with E-state index in [0.29, 0.717) is 34.8 Å². The maximum Gasteiger partial charge on any atom is 0.262 e. The van der Waals surface area contributed by atoms with Crippen LogP contribution in [0.4, 0.5) is 0 Å². The van der Waals surface area contributed by atoms with Crippen molar-refractivity contribution in [3.8, 4) is 0 Å². The third-order valence-electron chi connectivity index (χ3n) is 6.44. The molecule has 1 saturated carbocycles. The zero-order chi connectivity index (χ0) is 23.3. The molecule has 1 aliphatic rings. The van der Waals surface area contributed by atoms with Crippen LogP contribution < -0.4 is 5.56 Å². The predicted octanol–water partition coefficient (Wildman–Crippen LogP) is 4.82. The summed E-state index contributed by atoms with van der Waals surface area (Å²) in [7, 11) is 0. The summed E-state index contributed by atoms with van der Waals surface area (Å²) in [6.07, 6.45) is 3.25. The van der Waals surface area contributed by atoms with E-state index in [1.807, 2.05) is 41.7 Å². The fraction of sp³-hybridized carbons (Fsp3) is 0.440. The molecule has 0 atom stereocenters. The third kappa shape index (κ3) is 3.90. The number of para-hydroxylation sites is 1. The summed E-state index contributed by atoms with van der Waals surface area (Å²) in [5.74, 6) is 1.36. The fourth-order valence-corrected chi connectivity index (χ4v) is 5.40. The summed E-state index contributed by atoms with van der Waals surface area (Å²) in [5, 5.41) is 10.0. The van der Waals surface area contributed by atoms with Crippen LogP contribution in [0.25, 0.3) is 16.7 Å². The van der Waals surface area contributed by atoms with Gasteiger partial charge in [0.25, 0.3) is 5.56 Å². The van der Waals surface area contributed by atoms with Gasteiger partial charge in [-0.05, 0) is 57.2 Å². The standard InChI is InChI=1S/C25H29N5O2S/c1-15(2)11-12-28-23(32)19-7-5-6-8-21(19)30-24(28)26-27-25(30)33-14-22(31)20-13-16(3)29(17(20)4)18-9-10-18/h5-8,13,15,18H,9-12,14H2,1-4H3. The lowest BCUT2D eigenvalue weighted by Gasteiger charge is -2.12. The number of Topliss-reactive ketones (excluding diaryl/α,β-unsaturated/α-hetero) is 1. The molecule has 33 heavy (non-hydrogen) atoms. The molecule has 0 radical (unpaired) electrons. The van der Waals surface area contributed by atoms with Gasteiger partial charge < -0.3 is 4.57 Å². The van der Waals surface area contributed by atoms with Gasteiger partial charge in [-0.2, -0.15) is 0 Å². The average molecular weight is 464 g/mol. The molecular formula is C25H29N5O2S. The second kappa shape index (κ2) is 8.48. The van der Waals surface area contributed by atoms with Gasteiger partial charge in [0.15, 0.2) is 10.9 Å². The first-order valence-electron chi connectivity index (χ1n) is 11.6. The molecule has 1 aliphatic carbocycles. The monoisotopic (exact) mass is 463 g/mol. The van der Waals surface area contributed by atoms with E-state index < -0.39 is 0 Å². The molecule has 0 spiro atoms. The highest BCUT2D eigenvalue weighted by Gasteiger charge is 2.28. The van der Waals surface area contributed by atoms with Crippen molar-refractivity contribution >= 4 is 34.2 Å². The Labute approximate surface area is 196 Å². The highest BCUT2D eigenvalue weighted by molar-refractivity contribution is 7.99. The Balaban J connectivity index is 1.50. The minimum absolute atomic E-state index is 0.0497. The third-order valence-corrected chi connectivity index (χ3v) is 7.37. The SMILES string of the molecule is Cc1cc(C(=O)CSc2nnc3n(CCC(C)C)c(=O)c4ccccc4n23)c(C)n1C1CC1. The van der Waals surface area contributed by atoms with Gasteiger partial charge in [-0.1, -0.05) is 37.7 Å². The van der Waals surface area contributed by atoms with Crippen molar-refractivity contribution in [1.29, 1.82) is 0 Å². The molecule has 3 aromatic heterocycles. The van der Waals surface area contributed by atoms with Crippen LogP contribution in [0, 0.1) is 19.8 Å². The van der Waals surface area contributed by atoms with Crippen LogP contribution in [0.2, 0.25) is 0 Å². The van der Waals surface area contributed by atoms with Gasteiger partial charge in [0.2, 0.25) is 5.78 Å². The number of carbonyl (C=O) groups is 1. The van der Waals surface area contributed by atoms with Crippen molar-refractivity contribution in [2.75, 3.05) is 5.75 Å². The summed E-state index contributed by atoms with van der Waals surface area (Å²) in [6, 6.07) is 10.1. The first-order chi connectivity index (χ1) is 15.9. The molecule has 0 amide bonds. The van der Waals surface area contributed by atoms with Gasteiger partial charge in [-0.3, -0.25) is 18.6 Å². The van der Waals surface area contributed by atoms with Crippen molar-refractivity contribution in [3.05, 3.63) is 57.6 Å². The van der Waals surface area contributed by atoms with Gasteiger partial charge >= 0.3 is 0 Å². The Morgan fingerprint density at radius 1 is 1.18 bits per heavy atom. The smallest absolute Gasteiger partial charge is 0.262 e. The molecule has 7 nitrogen and oxygen atoms in total. The van der Waals surface area contributed by atoms with Gasteiger partial charge in [0, 0.05) is 29.5 Å². The van der Waals surface area contributed by atoms with Gasteiger partial charge in [0.1, 0.15) is 0 Å². The summed E-state index contributed by atoms with van der Waals surface area (Å²) in [4.78, 5) is 26.3. The fourth-order valence-electron chi connectivity index (χ4n) is 4.58. The van der Waals surface area contributed by atoms with Crippen molar-refractivity contribution in [2.45, 2.75) is 64.7 Å². The van der Waals surface area contributed by atoms with Crippen LogP contribution in [0.15, 0.2) is 40.3 Å². The van der Waals surface area contributed by atoms with E-state index in [4.69, 9.17) is 0 Å². The van der Waals surface area contributed by atoms with Gasteiger partial charge in [-0.25, -0.2) is 0 Å². The Hall–Kier alpha value is -2.87. The van der Waals surface area contributed by atoms with Gasteiger partial charge in [0.05, 0.1) is 16.7 Å². The molecule has 5 rings (SSSR count). The molecule has 0 bridgehead atoms. The first kappa shape index (κ1) is 21.9. The molecule has 8 heteroatoms. The number of hydrogen-bond donors (Lipinski definition) is 0. The number of benzene rings is 1. The van der Waals surface area contributed by atoms with Crippen LogP contribution in [0.1, 0.15) is 60.9 Å². The molecular weight excluding hydrogens is 434 g/mol. The van der Waals surface area contributed by atoms with Crippen LogP contribution in [0.3, 0.4) is 0 Å². The van der Waals surface area contributed by atoms with E-state index >= 15 is 0 Å². The molecule has 0 saturated heterocycles. The number of rotatable bonds is 8. The summed E-state index contributed by atoms with van der Waals surface area (Å²) >= 11 is 1.38. The Morgan fingerprint density at radius 2 is 1.94 bits per heavy atom. The molecule has 0 N–H and O–H groups in total. The lowest BCUT2D eigenvalue weighted by Crippen LogP contribution is -2.24. The molecule has 3 heterocycles. The van der Waals surface area contributed by atoms with E-state index in [9.17, 15) is 9.59 Å². The second-order valence-corrected chi connectivity index (χ2v) is 10.3.